The Morgan fingerprint density at radius 3 is 2.00 bits per heavy atom. The second kappa shape index (κ2) is 7.67. The summed E-state index contributed by atoms with van der Waals surface area (Å²) in [6.45, 7) is 5.51. The van der Waals surface area contributed by atoms with Crippen LogP contribution >= 0.6 is 0 Å². The molecule has 0 unspecified atom stereocenters. The zero-order valence-electron chi connectivity index (χ0n) is 10.9. The predicted octanol–water partition coefficient (Wildman–Crippen LogP) is -1.04. The van der Waals surface area contributed by atoms with Crippen molar-refractivity contribution in [2.24, 2.45) is 0 Å². The maximum atomic E-state index is 12.3. The van der Waals surface area contributed by atoms with Crippen LogP contribution < -0.4 is 51.4 Å². The van der Waals surface area contributed by atoms with Gasteiger partial charge in [-0.25, -0.2) is 0 Å². The second-order valence-corrected chi connectivity index (χ2v) is 4.64. The Hall–Kier alpha value is 1.15. The molecule has 0 bridgehead atoms. The third-order valence-electron chi connectivity index (χ3n) is 3.03. The first-order valence-corrected chi connectivity index (χ1v) is 5.64. The third-order valence-corrected chi connectivity index (χ3v) is 3.03. The topological polar surface area (TPSA) is 6.48 Å². The molecule has 0 aliphatic carbocycles. The van der Waals surface area contributed by atoms with E-state index in [-0.39, 0.29) is 57.9 Å². The number of piperazine rings is 1. The van der Waals surface area contributed by atoms with Crippen LogP contribution in [0.15, 0.2) is 12.1 Å². The Kier molecular flexibility index (Phi) is 8.19. The molecule has 0 saturated carbocycles. The van der Waals surface area contributed by atoms with Crippen LogP contribution in [0.4, 0.5) is 12.9 Å². The van der Waals surface area contributed by atoms with Gasteiger partial charge in [0.15, 0.2) is 0 Å². The molecule has 17 heavy (non-hydrogen) atoms. The number of rotatable bonds is 4. The molecule has 1 fully saturated rings. The zero-order valence-corrected chi connectivity index (χ0v) is 14.0. The Balaban J connectivity index is 0.00000256. The van der Waals surface area contributed by atoms with Gasteiger partial charge in [0.05, 0.1) is 0 Å². The fourth-order valence-electron chi connectivity index (χ4n) is 1.83. The van der Waals surface area contributed by atoms with Crippen LogP contribution in [0.25, 0.3) is 0 Å². The molecule has 0 aromatic carbocycles. The summed E-state index contributed by atoms with van der Waals surface area (Å²) in [4.78, 5) is 4.11. The van der Waals surface area contributed by atoms with E-state index in [2.05, 4.69) is 25.3 Å². The summed E-state index contributed by atoms with van der Waals surface area (Å²) >= 11 is 0. The Bertz CT molecular complexity index is 250. The first-order valence-electron chi connectivity index (χ1n) is 5.64. The number of halogens is 3. The molecule has 0 amide bonds. The van der Waals surface area contributed by atoms with Crippen molar-refractivity contribution in [1.29, 1.82) is 0 Å². The molecule has 1 heterocycles. The molecule has 1 aliphatic rings. The van der Waals surface area contributed by atoms with E-state index in [9.17, 15) is 12.9 Å². The van der Waals surface area contributed by atoms with Gasteiger partial charge in [-0.1, -0.05) is 0 Å². The minimum Gasteiger partial charge on any atom is -0.445 e. The Morgan fingerprint density at radius 1 is 1.18 bits per heavy atom. The third kappa shape index (κ3) is 6.22. The van der Waals surface area contributed by atoms with Crippen molar-refractivity contribution in [3.8, 4) is 0 Å². The van der Waals surface area contributed by atoms with Gasteiger partial charge in [-0.3, -0.25) is 9.80 Å². The summed E-state index contributed by atoms with van der Waals surface area (Å²) in [6, 6.07) is 0.470. The van der Waals surface area contributed by atoms with Crippen molar-refractivity contribution >= 4 is 6.98 Å². The average Bonchev–Trinajstić information content (AvgIpc) is 2.17. The van der Waals surface area contributed by atoms with Crippen LogP contribution in [-0.2, 0) is 0 Å². The van der Waals surface area contributed by atoms with E-state index in [1.807, 2.05) is 4.90 Å². The molecule has 0 radical (unpaired) electrons. The number of hydrogen-bond acceptors (Lipinski definition) is 2. The van der Waals surface area contributed by atoms with Crippen molar-refractivity contribution in [2.75, 3.05) is 32.7 Å². The van der Waals surface area contributed by atoms with Gasteiger partial charge in [0.25, 0.3) is 0 Å². The number of nitrogens with zero attached hydrogens (tertiary/aromatic N) is 2. The largest absolute Gasteiger partial charge is 1.00 e. The standard InChI is InChI=1S/C10H19BF3N2.K/c1-9(2)16-6-4-15(5-7-16)8-10(3)11(12,13)14;/h9H,3-8H2,1-2H3;/q-1;+1. The maximum Gasteiger partial charge on any atom is 1.00 e. The monoisotopic (exact) mass is 274 g/mol. The molecule has 0 aromatic heterocycles. The van der Waals surface area contributed by atoms with E-state index in [1.165, 1.54) is 0 Å². The van der Waals surface area contributed by atoms with E-state index >= 15 is 0 Å². The van der Waals surface area contributed by atoms with E-state index in [1.54, 1.807) is 0 Å². The van der Waals surface area contributed by atoms with Crippen LogP contribution in [0.3, 0.4) is 0 Å². The van der Waals surface area contributed by atoms with Crippen LogP contribution in [0.1, 0.15) is 13.8 Å². The van der Waals surface area contributed by atoms with Gasteiger partial charge in [-0.2, -0.15) is 0 Å². The van der Waals surface area contributed by atoms with Crippen molar-refractivity contribution in [2.45, 2.75) is 19.9 Å². The normalized spacial score (nSPS) is 19.2. The summed E-state index contributed by atoms with van der Waals surface area (Å²) in [6.07, 6.45) is 0. The molecule has 1 rings (SSSR count). The van der Waals surface area contributed by atoms with Crippen LogP contribution in [0.2, 0.25) is 0 Å². The zero-order chi connectivity index (χ0) is 12.3. The molecule has 1 aliphatic heterocycles. The van der Waals surface area contributed by atoms with Gasteiger partial charge in [0, 0.05) is 32.2 Å². The summed E-state index contributed by atoms with van der Waals surface area (Å²) in [5, 5.41) is 0. The smallest absolute Gasteiger partial charge is 0.445 e. The Morgan fingerprint density at radius 2 is 1.65 bits per heavy atom. The summed E-state index contributed by atoms with van der Waals surface area (Å²) in [5.74, 6) is 0. The van der Waals surface area contributed by atoms with Crippen molar-refractivity contribution in [1.82, 2.24) is 9.80 Å². The molecule has 0 N–H and O–H groups in total. The summed E-state index contributed by atoms with van der Waals surface area (Å²) in [7, 11) is 0. The molecule has 0 spiro atoms. The fourth-order valence-corrected chi connectivity index (χ4v) is 1.83. The molecule has 0 aromatic rings. The predicted molar refractivity (Wildman–Crippen MR) is 61.4 cm³/mol. The summed E-state index contributed by atoms with van der Waals surface area (Å²) in [5.41, 5.74) is -0.585. The molecule has 2 nitrogen and oxygen atoms in total. The fraction of sp³-hybridized carbons (Fsp3) is 0.800. The molecule has 1 saturated heterocycles. The second-order valence-electron chi connectivity index (χ2n) is 4.64. The van der Waals surface area contributed by atoms with Gasteiger partial charge < -0.3 is 12.9 Å². The van der Waals surface area contributed by atoms with Crippen LogP contribution in [0.5, 0.6) is 0 Å². The quantitative estimate of drug-likeness (QED) is 0.604. The molecular formula is C10H19BF3KN2. The van der Waals surface area contributed by atoms with Gasteiger partial charge >= 0.3 is 58.4 Å². The van der Waals surface area contributed by atoms with Crippen molar-refractivity contribution in [3.63, 3.8) is 0 Å². The van der Waals surface area contributed by atoms with E-state index in [0.29, 0.717) is 19.1 Å². The SMILES string of the molecule is C=C(CN1CCN(C(C)C)CC1)[B-](F)(F)F.[K+]. The van der Waals surface area contributed by atoms with Gasteiger partial charge in [-0.05, 0) is 20.4 Å². The van der Waals surface area contributed by atoms with Gasteiger partial charge in [0.2, 0.25) is 0 Å². The first-order chi connectivity index (χ1) is 7.30. The van der Waals surface area contributed by atoms with Gasteiger partial charge in [-0.15, -0.1) is 12.1 Å². The molecule has 7 heteroatoms. The molecular weight excluding hydrogens is 255 g/mol. The minimum atomic E-state index is -4.88. The van der Waals surface area contributed by atoms with Crippen LogP contribution in [-0.4, -0.2) is 55.5 Å². The maximum absolute atomic E-state index is 12.3. The van der Waals surface area contributed by atoms with E-state index in [4.69, 9.17) is 0 Å². The van der Waals surface area contributed by atoms with E-state index in [0.717, 1.165) is 13.1 Å². The summed E-state index contributed by atoms with van der Waals surface area (Å²) < 4.78 is 37.0. The first kappa shape index (κ1) is 18.2. The van der Waals surface area contributed by atoms with Crippen LogP contribution in [0, 0.1) is 0 Å². The average molecular weight is 274 g/mol. The van der Waals surface area contributed by atoms with E-state index < -0.39 is 12.4 Å². The minimum absolute atomic E-state index is 0. The molecule has 0 atom stereocenters. The van der Waals surface area contributed by atoms with Gasteiger partial charge in [0.1, 0.15) is 0 Å². The van der Waals surface area contributed by atoms with Crippen molar-refractivity contribution in [3.05, 3.63) is 12.1 Å². The molecule has 94 valence electrons. The number of hydrogen-bond donors (Lipinski definition) is 0. The van der Waals surface area contributed by atoms with Crippen molar-refractivity contribution < 1.29 is 64.3 Å². The Labute approximate surface area is 144 Å².